The number of hydrogen-bond donors (Lipinski definition) is 0. The van der Waals surface area contributed by atoms with Gasteiger partial charge in [0, 0.05) is 4.75 Å². The summed E-state index contributed by atoms with van der Waals surface area (Å²) in [6.45, 7) is 6.57. The van der Waals surface area contributed by atoms with Gasteiger partial charge in [-0.15, -0.1) is 11.8 Å². The molecule has 0 spiro atoms. The largest absolute Gasteiger partial charge is 0.197 e. The van der Waals surface area contributed by atoms with Gasteiger partial charge < -0.3 is 0 Å². The quantitative estimate of drug-likeness (QED) is 0.622. The maximum absolute atomic E-state index is 9.11. The molecule has 1 aliphatic rings. The van der Waals surface area contributed by atoms with Crippen LogP contribution in [0.3, 0.4) is 0 Å². The fraction of sp³-hybridized carbons (Fsp3) is 0.900. The molecule has 0 aromatic carbocycles. The Morgan fingerprint density at radius 1 is 1.25 bits per heavy atom. The van der Waals surface area contributed by atoms with Gasteiger partial charge in [-0.2, -0.15) is 5.26 Å². The van der Waals surface area contributed by atoms with Crippen LogP contribution < -0.4 is 0 Å². The molecule has 0 unspecified atom stereocenters. The minimum atomic E-state index is -0.0573. The summed E-state index contributed by atoms with van der Waals surface area (Å²) >= 11 is 1.85. The smallest absolute Gasteiger partial charge is 0.103 e. The Kier molecular flexibility index (Phi) is 2.73. The van der Waals surface area contributed by atoms with Crippen LogP contribution in [0.25, 0.3) is 0 Å². The SMILES string of the molecule is CC(C)(C)SC1(C#N)CCCC1. The molecule has 0 amide bonds. The molecular formula is C10H17NS. The number of rotatable bonds is 1. The maximum atomic E-state index is 9.11. The Hall–Kier alpha value is -0.160. The number of thioether (sulfide) groups is 1. The summed E-state index contributed by atoms with van der Waals surface area (Å²) in [5.74, 6) is 0. The van der Waals surface area contributed by atoms with E-state index < -0.39 is 0 Å². The van der Waals surface area contributed by atoms with Crippen molar-refractivity contribution in [1.82, 2.24) is 0 Å². The van der Waals surface area contributed by atoms with E-state index in [1.54, 1.807) is 0 Å². The summed E-state index contributed by atoms with van der Waals surface area (Å²) in [7, 11) is 0. The first-order valence-electron chi connectivity index (χ1n) is 4.59. The minimum absolute atomic E-state index is 0.0573. The molecule has 0 bridgehead atoms. The van der Waals surface area contributed by atoms with Crippen LogP contribution in [0.1, 0.15) is 46.5 Å². The summed E-state index contributed by atoms with van der Waals surface area (Å²) in [6, 6.07) is 2.50. The molecule has 68 valence electrons. The summed E-state index contributed by atoms with van der Waals surface area (Å²) in [6.07, 6.45) is 4.64. The summed E-state index contributed by atoms with van der Waals surface area (Å²) in [5.41, 5.74) is 0. The van der Waals surface area contributed by atoms with Crippen LogP contribution >= 0.6 is 11.8 Å². The standard InChI is InChI=1S/C10H17NS/c1-9(2,3)12-10(8-11)6-4-5-7-10/h4-7H2,1-3H3. The highest BCUT2D eigenvalue weighted by Gasteiger charge is 2.38. The average molecular weight is 183 g/mol. The topological polar surface area (TPSA) is 23.8 Å². The zero-order valence-corrected chi connectivity index (χ0v) is 9.00. The summed E-state index contributed by atoms with van der Waals surface area (Å²) < 4.78 is 0.165. The number of nitrogens with zero attached hydrogens (tertiary/aromatic N) is 1. The van der Waals surface area contributed by atoms with E-state index in [9.17, 15) is 0 Å². The van der Waals surface area contributed by atoms with Gasteiger partial charge in [0.25, 0.3) is 0 Å². The van der Waals surface area contributed by atoms with Crippen molar-refractivity contribution < 1.29 is 0 Å². The molecule has 0 saturated heterocycles. The van der Waals surface area contributed by atoms with E-state index in [1.165, 1.54) is 12.8 Å². The van der Waals surface area contributed by atoms with Crippen LogP contribution in [0.4, 0.5) is 0 Å². The van der Waals surface area contributed by atoms with Crippen LogP contribution in [-0.4, -0.2) is 9.49 Å². The minimum Gasteiger partial charge on any atom is -0.197 e. The second kappa shape index (κ2) is 3.30. The van der Waals surface area contributed by atoms with Crippen molar-refractivity contribution >= 4 is 11.8 Å². The maximum Gasteiger partial charge on any atom is 0.103 e. The van der Waals surface area contributed by atoms with E-state index in [2.05, 4.69) is 26.8 Å². The Labute approximate surface area is 79.5 Å². The van der Waals surface area contributed by atoms with Crippen molar-refractivity contribution in [2.24, 2.45) is 0 Å². The van der Waals surface area contributed by atoms with Gasteiger partial charge in [0.1, 0.15) is 4.75 Å². The Balaban J connectivity index is 2.64. The normalized spacial score (nSPS) is 22.2. The third-order valence-corrected chi connectivity index (χ3v) is 3.62. The molecule has 0 heterocycles. The molecule has 1 aliphatic carbocycles. The number of hydrogen-bond acceptors (Lipinski definition) is 2. The van der Waals surface area contributed by atoms with Gasteiger partial charge in [-0.05, 0) is 12.8 Å². The van der Waals surface area contributed by atoms with Crippen molar-refractivity contribution in [3.63, 3.8) is 0 Å². The van der Waals surface area contributed by atoms with Gasteiger partial charge in [-0.3, -0.25) is 0 Å². The molecule has 0 aliphatic heterocycles. The highest BCUT2D eigenvalue weighted by Crippen LogP contribution is 2.46. The molecule has 1 nitrogen and oxygen atoms in total. The fourth-order valence-electron chi connectivity index (χ4n) is 1.77. The van der Waals surface area contributed by atoms with Crippen molar-refractivity contribution in [1.29, 1.82) is 5.26 Å². The molecule has 1 saturated carbocycles. The molecule has 0 N–H and O–H groups in total. The average Bonchev–Trinajstić information content (AvgIpc) is 2.34. The zero-order valence-electron chi connectivity index (χ0n) is 8.18. The second-order valence-corrected chi connectivity index (χ2v) is 6.74. The lowest BCUT2D eigenvalue weighted by atomic mass is 10.1. The Bertz CT molecular complexity index is 191. The molecular weight excluding hydrogens is 166 g/mol. The van der Waals surface area contributed by atoms with Gasteiger partial charge >= 0.3 is 0 Å². The molecule has 0 atom stereocenters. The summed E-state index contributed by atoms with van der Waals surface area (Å²) in [5, 5.41) is 9.11. The molecule has 1 rings (SSSR count). The van der Waals surface area contributed by atoms with Crippen molar-refractivity contribution in [2.45, 2.75) is 55.9 Å². The number of nitriles is 1. The predicted molar refractivity (Wildman–Crippen MR) is 54.2 cm³/mol. The van der Waals surface area contributed by atoms with Gasteiger partial charge in [-0.1, -0.05) is 33.6 Å². The van der Waals surface area contributed by atoms with Gasteiger partial charge in [-0.25, -0.2) is 0 Å². The van der Waals surface area contributed by atoms with Crippen molar-refractivity contribution in [3.8, 4) is 6.07 Å². The highest BCUT2D eigenvalue weighted by atomic mass is 32.2. The Morgan fingerprint density at radius 3 is 2.08 bits per heavy atom. The van der Waals surface area contributed by atoms with E-state index >= 15 is 0 Å². The third-order valence-electron chi connectivity index (χ3n) is 2.12. The molecule has 0 radical (unpaired) electrons. The third kappa shape index (κ3) is 2.42. The first-order valence-corrected chi connectivity index (χ1v) is 5.41. The second-order valence-electron chi connectivity index (χ2n) is 4.53. The highest BCUT2D eigenvalue weighted by molar-refractivity contribution is 8.02. The Morgan fingerprint density at radius 2 is 1.75 bits per heavy atom. The molecule has 0 aromatic rings. The van der Waals surface area contributed by atoms with Crippen LogP contribution in [0, 0.1) is 11.3 Å². The van der Waals surface area contributed by atoms with Crippen LogP contribution in [0.5, 0.6) is 0 Å². The van der Waals surface area contributed by atoms with Crippen molar-refractivity contribution in [2.75, 3.05) is 0 Å². The molecule has 1 fully saturated rings. The lowest BCUT2D eigenvalue weighted by Crippen LogP contribution is -2.25. The van der Waals surface area contributed by atoms with E-state index in [4.69, 9.17) is 5.26 Å². The molecule has 2 heteroatoms. The van der Waals surface area contributed by atoms with E-state index in [-0.39, 0.29) is 9.49 Å². The van der Waals surface area contributed by atoms with Crippen LogP contribution in [-0.2, 0) is 0 Å². The fourth-order valence-corrected chi connectivity index (χ4v) is 3.48. The predicted octanol–water partition coefficient (Wildman–Crippen LogP) is 3.35. The lowest BCUT2D eigenvalue weighted by Gasteiger charge is -2.28. The van der Waals surface area contributed by atoms with Gasteiger partial charge in [0.2, 0.25) is 0 Å². The van der Waals surface area contributed by atoms with E-state index in [0.717, 1.165) is 12.8 Å². The summed E-state index contributed by atoms with van der Waals surface area (Å²) in [4.78, 5) is 0. The molecule has 0 aromatic heterocycles. The monoisotopic (exact) mass is 183 g/mol. The van der Waals surface area contributed by atoms with Gasteiger partial charge in [0.05, 0.1) is 6.07 Å². The van der Waals surface area contributed by atoms with E-state index in [0.29, 0.717) is 0 Å². The zero-order chi connectivity index (χ0) is 9.24. The first kappa shape index (κ1) is 9.92. The van der Waals surface area contributed by atoms with Crippen LogP contribution in [0.2, 0.25) is 0 Å². The van der Waals surface area contributed by atoms with Crippen molar-refractivity contribution in [3.05, 3.63) is 0 Å². The van der Waals surface area contributed by atoms with Gasteiger partial charge in [0.15, 0.2) is 0 Å². The van der Waals surface area contributed by atoms with E-state index in [1.807, 2.05) is 11.8 Å². The lowest BCUT2D eigenvalue weighted by molar-refractivity contribution is 0.719. The molecule has 12 heavy (non-hydrogen) atoms. The van der Waals surface area contributed by atoms with Crippen LogP contribution in [0.15, 0.2) is 0 Å². The first-order chi connectivity index (χ1) is 5.47.